The Morgan fingerprint density at radius 1 is 1.38 bits per heavy atom. The van der Waals surface area contributed by atoms with E-state index in [0.717, 1.165) is 17.9 Å². The average molecular weight is 309 g/mol. The standard InChI is InChI=1S/C16H21ClN2O2/c1-2-19-11-13(10-15(19)20)16(21)18-9-3-4-12-5-7-14(17)8-6-12/h5-8,13H,2-4,9-11H2,1H3,(H,18,21)/t13-/m1/s1. The summed E-state index contributed by atoms with van der Waals surface area (Å²) in [7, 11) is 0. The van der Waals surface area contributed by atoms with Gasteiger partial charge in [0.1, 0.15) is 0 Å². The second-order valence-corrected chi connectivity index (χ2v) is 5.79. The summed E-state index contributed by atoms with van der Waals surface area (Å²) in [6.45, 7) is 3.81. The minimum Gasteiger partial charge on any atom is -0.356 e. The van der Waals surface area contributed by atoms with E-state index >= 15 is 0 Å². The predicted molar refractivity (Wildman–Crippen MR) is 83.1 cm³/mol. The van der Waals surface area contributed by atoms with Crippen molar-refractivity contribution in [2.45, 2.75) is 26.2 Å². The first-order chi connectivity index (χ1) is 10.1. The van der Waals surface area contributed by atoms with E-state index in [1.807, 2.05) is 31.2 Å². The number of nitrogens with one attached hydrogen (secondary N) is 1. The Bertz CT molecular complexity index is 502. The fourth-order valence-electron chi connectivity index (χ4n) is 2.55. The lowest BCUT2D eigenvalue weighted by Gasteiger charge is -2.13. The lowest BCUT2D eigenvalue weighted by Crippen LogP contribution is -2.33. The van der Waals surface area contributed by atoms with Crippen molar-refractivity contribution in [3.8, 4) is 0 Å². The molecule has 1 aliphatic rings. The van der Waals surface area contributed by atoms with Crippen molar-refractivity contribution in [2.24, 2.45) is 5.92 Å². The Hall–Kier alpha value is -1.55. The van der Waals surface area contributed by atoms with Crippen LogP contribution in [0.15, 0.2) is 24.3 Å². The van der Waals surface area contributed by atoms with Crippen LogP contribution in [0.5, 0.6) is 0 Å². The number of nitrogens with zero attached hydrogens (tertiary/aromatic N) is 1. The van der Waals surface area contributed by atoms with E-state index in [1.54, 1.807) is 4.90 Å². The zero-order valence-electron chi connectivity index (χ0n) is 12.3. The molecule has 1 saturated heterocycles. The quantitative estimate of drug-likeness (QED) is 0.820. The normalized spacial score (nSPS) is 18.1. The van der Waals surface area contributed by atoms with Gasteiger partial charge < -0.3 is 10.2 Å². The van der Waals surface area contributed by atoms with Gasteiger partial charge in [-0.25, -0.2) is 0 Å². The molecule has 1 aliphatic heterocycles. The maximum Gasteiger partial charge on any atom is 0.225 e. The highest BCUT2D eigenvalue weighted by molar-refractivity contribution is 6.30. The van der Waals surface area contributed by atoms with Crippen molar-refractivity contribution in [1.82, 2.24) is 10.2 Å². The smallest absolute Gasteiger partial charge is 0.225 e. The van der Waals surface area contributed by atoms with Gasteiger partial charge in [-0.1, -0.05) is 23.7 Å². The highest BCUT2D eigenvalue weighted by Crippen LogP contribution is 2.17. The van der Waals surface area contributed by atoms with Crippen LogP contribution in [0.2, 0.25) is 5.02 Å². The van der Waals surface area contributed by atoms with Gasteiger partial charge in [-0.15, -0.1) is 0 Å². The SMILES string of the molecule is CCN1C[C@H](C(=O)NCCCc2ccc(Cl)cc2)CC1=O. The fourth-order valence-corrected chi connectivity index (χ4v) is 2.68. The van der Waals surface area contributed by atoms with E-state index < -0.39 is 0 Å². The van der Waals surface area contributed by atoms with Gasteiger partial charge in [0.2, 0.25) is 11.8 Å². The first-order valence-electron chi connectivity index (χ1n) is 7.40. The number of amides is 2. The number of aryl methyl sites for hydroxylation is 1. The van der Waals surface area contributed by atoms with E-state index in [-0.39, 0.29) is 17.7 Å². The Balaban J connectivity index is 1.68. The zero-order valence-corrected chi connectivity index (χ0v) is 13.0. The molecule has 0 unspecified atom stereocenters. The van der Waals surface area contributed by atoms with Gasteiger partial charge in [-0.2, -0.15) is 0 Å². The Morgan fingerprint density at radius 3 is 2.71 bits per heavy atom. The number of hydrogen-bond donors (Lipinski definition) is 1. The van der Waals surface area contributed by atoms with Crippen LogP contribution in [0.25, 0.3) is 0 Å². The Morgan fingerprint density at radius 2 is 2.10 bits per heavy atom. The summed E-state index contributed by atoms with van der Waals surface area (Å²) in [4.78, 5) is 25.3. The first-order valence-corrected chi connectivity index (χ1v) is 7.78. The molecule has 5 heteroatoms. The molecule has 2 rings (SSSR count). The van der Waals surface area contributed by atoms with Crippen molar-refractivity contribution in [1.29, 1.82) is 0 Å². The monoisotopic (exact) mass is 308 g/mol. The molecule has 1 N–H and O–H groups in total. The molecule has 1 aromatic carbocycles. The summed E-state index contributed by atoms with van der Waals surface area (Å²) in [6, 6.07) is 7.75. The van der Waals surface area contributed by atoms with Crippen LogP contribution >= 0.6 is 11.6 Å². The van der Waals surface area contributed by atoms with Crippen molar-refractivity contribution in [3.05, 3.63) is 34.9 Å². The van der Waals surface area contributed by atoms with E-state index in [1.165, 1.54) is 5.56 Å². The highest BCUT2D eigenvalue weighted by Gasteiger charge is 2.32. The predicted octanol–water partition coefficient (Wildman–Crippen LogP) is 2.26. The molecule has 1 aromatic rings. The van der Waals surface area contributed by atoms with Crippen LogP contribution in [-0.2, 0) is 16.0 Å². The molecule has 2 amide bonds. The van der Waals surface area contributed by atoms with Crippen molar-refractivity contribution in [3.63, 3.8) is 0 Å². The van der Waals surface area contributed by atoms with Gasteiger partial charge in [0.25, 0.3) is 0 Å². The zero-order chi connectivity index (χ0) is 15.2. The summed E-state index contributed by atoms with van der Waals surface area (Å²) in [5.41, 5.74) is 1.21. The van der Waals surface area contributed by atoms with Gasteiger partial charge in [0.05, 0.1) is 5.92 Å². The van der Waals surface area contributed by atoms with Crippen LogP contribution in [0.3, 0.4) is 0 Å². The lowest BCUT2D eigenvalue weighted by molar-refractivity contribution is -0.128. The van der Waals surface area contributed by atoms with Gasteiger partial charge in [0.15, 0.2) is 0 Å². The fraction of sp³-hybridized carbons (Fsp3) is 0.500. The van der Waals surface area contributed by atoms with Crippen LogP contribution < -0.4 is 5.32 Å². The molecule has 0 saturated carbocycles. The van der Waals surface area contributed by atoms with Crippen LogP contribution in [0.4, 0.5) is 0 Å². The third-order valence-corrected chi connectivity index (χ3v) is 4.07. The van der Waals surface area contributed by atoms with Gasteiger partial charge >= 0.3 is 0 Å². The molecule has 114 valence electrons. The summed E-state index contributed by atoms with van der Waals surface area (Å²) in [5.74, 6) is -0.109. The molecular weight excluding hydrogens is 288 g/mol. The molecule has 0 radical (unpaired) electrons. The Labute approximate surface area is 130 Å². The summed E-state index contributed by atoms with van der Waals surface area (Å²) >= 11 is 5.83. The minimum absolute atomic E-state index is 0.00425. The van der Waals surface area contributed by atoms with E-state index in [9.17, 15) is 9.59 Å². The van der Waals surface area contributed by atoms with Crippen molar-refractivity contribution >= 4 is 23.4 Å². The second-order valence-electron chi connectivity index (χ2n) is 5.35. The molecule has 0 bridgehead atoms. The highest BCUT2D eigenvalue weighted by atomic mass is 35.5. The lowest BCUT2D eigenvalue weighted by atomic mass is 10.1. The van der Waals surface area contributed by atoms with E-state index in [2.05, 4.69) is 5.32 Å². The topological polar surface area (TPSA) is 49.4 Å². The van der Waals surface area contributed by atoms with Gasteiger partial charge in [-0.05, 0) is 37.5 Å². The number of benzene rings is 1. The number of carbonyl (C=O) groups is 2. The maximum atomic E-state index is 12.0. The summed E-state index contributed by atoms with van der Waals surface area (Å²) in [5, 5.41) is 3.66. The number of halogens is 1. The average Bonchev–Trinajstić information content (AvgIpc) is 2.86. The number of hydrogen-bond acceptors (Lipinski definition) is 2. The Kier molecular flexibility index (Phi) is 5.62. The van der Waals surface area contributed by atoms with E-state index in [4.69, 9.17) is 11.6 Å². The first kappa shape index (κ1) is 15.8. The van der Waals surface area contributed by atoms with Gasteiger partial charge in [-0.3, -0.25) is 9.59 Å². The maximum absolute atomic E-state index is 12.0. The molecular formula is C16H21ClN2O2. The third-order valence-electron chi connectivity index (χ3n) is 3.82. The van der Waals surface area contributed by atoms with Crippen molar-refractivity contribution < 1.29 is 9.59 Å². The van der Waals surface area contributed by atoms with Crippen molar-refractivity contribution in [2.75, 3.05) is 19.6 Å². The number of rotatable bonds is 6. The van der Waals surface area contributed by atoms with Crippen LogP contribution in [0.1, 0.15) is 25.3 Å². The molecule has 1 atom stereocenters. The molecule has 0 aromatic heterocycles. The minimum atomic E-state index is -0.187. The molecule has 0 aliphatic carbocycles. The number of carbonyl (C=O) groups excluding carboxylic acids is 2. The third kappa shape index (κ3) is 4.46. The molecule has 1 heterocycles. The second kappa shape index (κ2) is 7.46. The number of likely N-dealkylation sites (tertiary alicyclic amines) is 1. The summed E-state index contributed by atoms with van der Waals surface area (Å²) < 4.78 is 0. The largest absolute Gasteiger partial charge is 0.356 e. The molecule has 4 nitrogen and oxygen atoms in total. The van der Waals surface area contributed by atoms with Gasteiger partial charge in [0, 0.05) is 31.1 Å². The van der Waals surface area contributed by atoms with E-state index in [0.29, 0.717) is 26.1 Å². The summed E-state index contributed by atoms with van der Waals surface area (Å²) in [6.07, 6.45) is 2.13. The van der Waals surface area contributed by atoms with Crippen LogP contribution in [0, 0.1) is 5.92 Å². The van der Waals surface area contributed by atoms with Crippen LogP contribution in [-0.4, -0.2) is 36.3 Å². The molecule has 0 spiro atoms. The molecule has 21 heavy (non-hydrogen) atoms. The molecule has 1 fully saturated rings.